The van der Waals surface area contributed by atoms with Gasteiger partial charge in [0.2, 0.25) is 0 Å². The Balaban J connectivity index is 2.73. The van der Waals surface area contributed by atoms with Crippen molar-refractivity contribution < 1.29 is 9.90 Å². The van der Waals surface area contributed by atoms with Gasteiger partial charge in [-0.1, -0.05) is 0 Å². The summed E-state index contributed by atoms with van der Waals surface area (Å²) in [7, 11) is 0. The highest BCUT2D eigenvalue weighted by molar-refractivity contribution is 5.94. The van der Waals surface area contributed by atoms with Gasteiger partial charge in [-0.25, -0.2) is 4.79 Å². The smallest absolute Gasteiger partial charge is 0.335 e. The first-order chi connectivity index (χ1) is 6.72. The summed E-state index contributed by atoms with van der Waals surface area (Å²) in [6.07, 6.45) is 1.77. The second-order valence-electron chi connectivity index (χ2n) is 3.08. The van der Waals surface area contributed by atoms with Gasteiger partial charge in [-0.3, -0.25) is 0 Å². The SMILES string of the molecule is NCc1cc(C(=O)O)cc2[nH]ccc12. The summed E-state index contributed by atoms with van der Waals surface area (Å²) >= 11 is 0. The standard InChI is InChI=1S/C10H10N2O2/c11-5-7-3-6(10(13)14)4-9-8(7)1-2-12-9/h1-4,12H,5,11H2,(H,13,14). The Morgan fingerprint density at radius 3 is 2.93 bits per heavy atom. The Morgan fingerprint density at radius 1 is 1.50 bits per heavy atom. The molecule has 1 aromatic heterocycles. The van der Waals surface area contributed by atoms with Crippen molar-refractivity contribution >= 4 is 16.9 Å². The molecule has 0 fully saturated rings. The molecule has 0 bridgehead atoms. The molecule has 0 aliphatic rings. The summed E-state index contributed by atoms with van der Waals surface area (Å²) in [6.45, 7) is 0.343. The number of aromatic carboxylic acids is 1. The van der Waals surface area contributed by atoms with Crippen LogP contribution in [0.15, 0.2) is 24.4 Å². The second kappa shape index (κ2) is 3.16. The first kappa shape index (κ1) is 8.77. The molecule has 0 aliphatic heterocycles. The van der Waals surface area contributed by atoms with Crippen molar-refractivity contribution in [2.24, 2.45) is 5.73 Å². The number of nitrogens with two attached hydrogens (primary N) is 1. The first-order valence-corrected chi connectivity index (χ1v) is 4.25. The van der Waals surface area contributed by atoms with Gasteiger partial charge in [0.1, 0.15) is 0 Å². The Bertz CT molecular complexity index is 488. The Morgan fingerprint density at radius 2 is 2.29 bits per heavy atom. The van der Waals surface area contributed by atoms with Gasteiger partial charge in [-0.15, -0.1) is 0 Å². The predicted octanol–water partition coefficient (Wildman–Crippen LogP) is 1.32. The van der Waals surface area contributed by atoms with Crippen molar-refractivity contribution in [1.82, 2.24) is 4.98 Å². The van der Waals surface area contributed by atoms with Crippen LogP contribution in [0.3, 0.4) is 0 Å². The highest BCUT2D eigenvalue weighted by Gasteiger charge is 2.08. The van der Waals surface area contributed by atoms with Crippen LogP contribution in [0.4, 0.5) is 0 Å². The van der Waals surface area contributed by atoms with Gasteiger partial charge in [-0.05, 0) is 23.8 Å². The number of H-pyrrole nitrogens is 1. The number of carboxylic acid groups (broad SMARTS) is 1. The number of aromatic amines is 1. The number of hydrogen-bond acceptors (Lipinski definition) is 2. The molecule has 2 aromatic rings. The Hall–Kier alpha value is -1.81. The van der Waals surface area contributed by atoms with E-state index in [1.807, 2.05) is 6.07 Å². The number of hydrogen-bond donors (Lipinski definition) is 3. The minimum absolute atomic E-state index is 0.264. The molecule has 0 saturated heterocycles. The van der Waals surface area contributed by atoms with E-state index in [0.29, 0.717) is 6.54 Å². The molecule has 0 spiro atoms. The van der Waals surface area contributed by atoms with Crippen LogP contribution in [0.1, 0.15) is 15.9 Å². The predicted molar refractivity (Wildman–Crippen MR) is 53.1 cm³/mol. The van der Waals surface area contributed by atoms with Crippen LogP contribution in [0.25, 0.3) is 10.9 Å². The second-order valence-corrected chi connectivity index (χ2v) is 3.08. The van der Waals surface area contributed by atoms with Gasteiger partial charge in [0.15, 0.2) is 0 Å². The van der Waals surface area contributed by atoms with Crippen LogP contribution in [0.5, 0.6) is 0 Å². The zero-order valence-corrected chi connectivity index (χ0v) is 7.45. The van der Waals surface area contributed by atoms with Gasteiger partial charge in [0.05, 0.1) is 5.56 Å². The van der Waals surface area contributed by atoms with Crippen molar-refractivity contribution in [3.8, 4) is 0 Å². The van der Waals surface area contributed by atoms with Crippen LogP contribution >= 0.6 is 0 Å². The van der Waals surface area contributed by atoms with Crippen LogP contribution < -0.4 is 5.73 Å². The van der Waals surface area contributed by atoms with Gasteiger partial charge >= 0.3 is 5.97 Å². The summed E-state index contributed by atoms with van der Waals surface area (Å²) in [5, 5.41) is 9.83. The fourth-order valence-corrected chi connectivity index (χ4v) is 1.54. The normalized spacial score (nSPS) is 10.6. The molecule has 4 nitrogen and oxygen atoms in total. The van der Waals surface area contributed by atoms with Gasteiger partial charge < -0.3 is 15.8 Å². The minimum atomic E-state index is -0.934. The van der Waals surface area contributed by atoms with Crippen LogP contribution in [-0.2, 0) is 6.54 Å². The number of fused-ring (bicyclic) bond motifs is 1. The zero-order valence-electron chi connectivity index (χ0n) is 7.45. The lowest BCUT2D eigenvalue weighted by Gasteiger charge is -2.02. The molecule has 14 heavy (non-hydrogen) atoms. The van der Waals surface area contributed by atoms with Crippen LogP contribution in [0.2, 0.25) is 0 Å². The van der Waals surface area contributed by atoms with Crippen molar-refractivity contribution in [1.29, 1.82) is 0 Å². The van der Waals surface area contributed by atoms with Gasteiger partial charge in [-0.2, -0.15) is 0 Å². The third-order valence-electron chi connectivity index (χ3n) is 2.22. The van der Waals surface area contributed by atoms with E-state index >= 15 is 0 Å². The van der Waals surface area contributed by atoms with Crippen molar-refractivity contribution in [2.75, 3.05) is 0 Å². The molecule has 0 atom stereocenters. The van der Waals surface area contributed by atoms with Crippen LogP contribution in [0, 0.1) is 0 Å². The summed E-state index contributed by atoms with van der Waals surface area (Å²) in [6, 6.07) is 5.11. The number of nitrogens with one attached hydrogen (secondary N) is 1. The quantitative estimate of drug-likeness (QED) is 0.668. The third-order valence-corrected chi connectivity index (χ3v) is 2.22. The molecule has 1 heterocycles. The molecule has 0 unspecified atom stereocenters. The maximum atomic E-state index is 10.8. The zero-order chi connectivity index (χ0) is 10.1. The highest BCUT2D eigenvalue weighted by atomic mass is 16.4. The summed E-state index contributed by atoms with van der Waals surface area (Å²) in [5.74, 6) is -0.934. The topological polar surface area (TPSA) is 79.1 Å². The molecule has 0 saturated carbocycles. The molecule has 0 amide bonds. The van der Waals surface area contributed by atoms with Crippen LogP contribution in [-0.4, -0.2) is 16.1 Å². The molecule has 0 radical (unpaired) electrons. The number of carboxylic acids is 1. The molecule has 0 aliphatic carbocycles. The van der Waals surface area contributed by atoms with E-state index in [-0.39, 0.29) is 5.56 Å². The number of rotatable bonds is 2. The Labute approximate surface area is 80.3 Å². The molecule has 2 rings (SSSR count). The van der Waals surface area contributed by atoms with Crippen molar-refractivity contribution in [3.63, 3.8) is 0 Å². The van der Waals surface area contributed by atoms with E-state index in [0.717, 1.165) is 16.5 Å². The van der Waals surface area contributed by atoms with E-state index in [2.05, 4.69) is 4.98 Å². The maximum Gasteiger partial charge on any atom is 0.335 e. The molecular formula is C10H10N2O2. The average molecular weight is 190 g/mol. The van der Waals surface area contributed by atoms with E-state index in [1.54, 1.807) is 18.3 Å². The maximum absolute atomic E-state index is 10.8. The van der Waals surface area contributed by atoms with Gasteiger partial charge in [0, 0.05) is 23.6 Å². The lowest BCUT2D eigenvalue weighted by atomic mass is 10.1. The lowest BCUT2D eigenvalue weighted by Crippen LogP contribution is -2.02. The summed E-state index contributed by atoms with van der Waals surface area (Å²) in [4.78, 5) is 13.8. The molecule has 4 heteroatoms. The summed E-state index contributed by atoms with van der Waals surface area (Å²) in [5.41, 5.74) is 7.46. The molecule has 4 N–H and O–H groups in total. The summed E-state index contributed by atoms with van der Waals surface area (Å²) < 4.78 is 0. The number of benzene rings is 1. The molecule has 1 aromatic carbocycles. The lowest BCUT2D eigenvalue weighted by molar-refractivity contribution is 0.0697. The van der Waals surface area contributed by atoms with Crippen molar-refractivity contribution in [3.05, 3.63) is 35.5 Å². The minimum Gasteiger partial charge on any atom is -0.478 e. The largest absolute Gasteiger partial charge is 0.478 e. The fraction of sp³-hybridized carbons (Fsp3) is 0.100. The fourth-order valence-electron chi connectivity index (χ4n) is 1.54. The Kier molecular flexibility index (Phi) is 1.98. The number of carbonyl (C=O) groups is 1. The average Bonchev–Trinajstić information content (AvgIpc) is 2.63. The van der Waals surface area contributed by atoms with E-state index in [9.17, 15) is 4.79 Å². The van der Waals surface area contributed by atoms with E-state index in [4.69, 9.17) is 10.8 Å². The van der Waals surface area contributed by atoms with Crippen molar-refractivity contribution in [2.45, 2.75) is 6.54 Å². The monoisotopic (exact) mass is 190 g/mol. The van der Waals surface area contributed by atoms with Gasteiger partial charge in [0.25, 0.3) is 0 Å². The third kappa shape index (κ3) is 1.25. The highest BCUT2D eigenvalue weighted by Crippen LogP contribution is 2.19. The molecular weight excluding hydrogens is 180 g/mol. The van der Waals surface area contributed by atoms with E-state index in [1.165, 1.54) is 0 Å². The molecule has 72 valence electrons. The first-order valence-electron chi connectivity index (χ1n) is 4.25. The number of aromatic nitrogens is 1. The van der Waals surface area contributed by atoms with E-state index < -0.39 is 5.97 Å².